The number of halogens is 2. The molecule has 1 heterocycles. The zero-order chi connectivity index (χ0) is 13.1. The number of rotatable bonds is 3. The predicted octanol–water partition coefficient (Wildman–Crippen LogP) is 4.56. The van der Waals surface area contributed by atoms with E-state index in [4.69, 9.17) is 16.3 Å². The molecule has 1 aliphatic heterocycles. The van der Waals surface area contributed by atoms with Crippen molar-refractivity contribution in [2.24, 2.45) is 5.92 Å². The van der Waals surface area contributed by atoms with Crippen LogP contribution < -0.4 is 5.32 Å². The molecule has 1 aromatic rings. The molecule has 2 unspecified atom stereocenters. The summed E-state index contributed by atoms with van der Waals surface area (Å²) in [6.07, 6.45) is 2.53. The molecule has 2 nitrogen and oxygen atoms in total. The van der Waals surface area contributed by atoms with E-state index in [9.17, 15) is 0 Å². The van der Waals surface area contributed by atoms with Crippen LogP contribution in [0.4, 0.5) is 5.69 Å². The number of hydrogen-bond acceptors (Lipinski definition) is 2. The Bertz CT molecular complexity index is 411. The van der Waals surface area contributed by atoms with Gasteiger partial charge in [-0.3, -0.25) is 0 Å². The molecule has 0 aliphatic carbocycles. The summed E-state index contributed by atoms with van der Waals surface area (Å²) in [7, 11) is 0. The largest absolute Gasteiger partial charge is 0.381 e. The van der Waals surface area contributed by atoms with Crippen molar-refractivity contribution in [2.45, 2.75) is 38.8 Å². The molecule has 1 N–H and O–H groups in total. The van der Waals surface area contributed by atoms with Crippen molar-refractivity contribution in [3.8, 4) is 0 Å². The molecule has 0 saturated carbocycles. The van der Waals surface area contributed by atoms with Crippen molar-refractivity contribution in [2.75, 3.05) is 11.9 Å². The average molecular weight is 380 g/mol. The molecule has 0 aromatic heterocycles. The Morgan fingerprint density at radius 1 is 1.44 bits per heavy atom. The number of nitrogens with one attached hydrogen (secondary N) is 1. The summed E-state index contributed by atoms with van der Waals surface area (Å²) in [5, 5.41) is 4.40. The lowest BCUT2D eigenvalue weighted by Crippen LogP contribution is -2.36. The van der Waals surface area contributed by atoms with Crippen molar-refractivity contribution in [3.63, 3.8) is 0 Å². The van der Waals surface area contributed by atoms with Crippen LogP contribution in [0, 0.1) is 9.49 Å². The third-order valence-electron chi connectivity index (χ3n) is 3.35. The quantitative estimate of drug-likeness (QED) is 0.777. The van der Waals surface area contributed by atoms with Crippen LogP contribution in [0.25, 0.3) is 0 Å². The topological polar surface area (TPSA) is 21.3 Å². The van der Waals surface area contributed by atoms with Gasteiger partial charge in [-0.25, -0.2) is 0 Å². The number of hydrogen-bond donors (Lipinski definition) is 1. The zero-order valence-corrected chi connectivity index (χ0v) is 13.7. The number of benzene rings is 1. The van der Waals surface area contributed by atoms with E-state index in [0.29, 0.717) is 18.1 Å². The second-order valence-corrected chi connectivity index (χ2v) is 6.74. The molecular formula is C14H19ClINO. The van der Waals surface area contributed by atoms with E-state index in [1.54, 1.807) is 0 Å². The summed E-state index contributed by atoms with van der Waals surface area (Å²) in [6.45, 7) is 5.29. The summed E-state index contributed by atoms with van der Waals surface area (Å²) in [6, 6.07) is 6.49. The first kappa shape index (κ1) is 14.4. The summed E-state index contributed by atoms with van der Waals surface area (Å²) in [5.41, 5.74) is 1.18. The minimum atomic E-state index is 0.376. The van der Waals surface area contributed by atoms with Gasteiger partial charge >= 0.3 is 0 Å². The molecule has 0 radical (unpaired) electrons. The summed E-state index contributed by atoms with van der Waals surface area (Å²) < 4.78 is 6.97. The van der Waals surface area contributed by atoms with E-state index in [1.807, 2.05) is 12.1 Å². The molecule has 18 heavy (non-hydrogen) atoms. The molecule has 0 amide bonds. The average Bonchev–Trinajstić information content (AvgIpc) is 2.33. The Morgan fingerprint density at radius 2 is 2.22 bits per heavy atom. The Labute approximate surface area is 128 Å². The van der Waals surface area contributed by atoms with Gasteiger partial charge in [-0.15, -0.1) is 0 Å². The SMILES string of the molecule is CC(C)C1CC(Nc2ccc(Cl)cc2I)CCO1. The van der Waals surface area contributed by atoms with E-state index in [1.165, 1.54) is 9.26 Å². The minimum absolute atomic E-state index is 0.376. The van der Waals surface area contributed by atoms with Gasteiger partial charge in [0.15, 0.2) is 0 Å². The zero-order valence-electron chi connectivity index (χ0n) is 10.7. The Balaban J connectivity index is 2.00. The molecule has 4 heteroatoms. The van der Waals surface area contributed by atoms with Crippen LogP contribution >= 0.6 is 34.2 Å². The van der Waals surface area contributed by atoms with Crippen LogP contribution in [0.1, 0.15) is 26.7 Å². The summed E-state index contributed by atoms with van der Waals surface area (Å²) in [4.78, 5) is 0. The minimum Gasteiger partial charge on any atom is -0.381 e. The third-order valence-corrected chi connectivity index (χ3v) is 4.48. The van der Waals surface area contributed by atoms with Crippen LogP contribution in [0.2, 0.25) is 5.02 Å². The fourth-order valence-corrected chi connectivity index (χ4v) is 3.28. The second-order valence-electron chi connectivity index (χ2n) is 5.14. The highest BCUT2D eigenvalue weighted by atomic mass is 127. The first-order valence-corrected chi connectivity index (χ1v) is 7.85. The fourth-order valence-electron chi connectivity index (χ4n) is 2.25. The maximum Gasteiger partial charge on any atom is 0.0617 e. The monoisotopic (exact) mass is 379 g/mol. The van der Waals surface area contributed by atoms with Gasteiger partial charge in [0.2, 0.25) is 0 Å². The molecule has 2 atom stereocenters. The van der Waals surface area contributed by atoms with Crippen molar-refractivity contribution < 1.29 is 4.74 Å². The Hall–Kier alpha value is -0.0000000000000000763. The van der Waals surface area contributed by atoms with Gasteiger partial charge in [-0.1, -0.05) is 25.4 Å². The van der Waals surface area contributed by atoms with Crippen LogP contribution in [0.3, 0.4) is 0 Å². The highest BCUT2D eigenvalue weighted by Gasteiger charge is 2.25. The first-order chi connectivity index (χ1) is 8.56. The van der Waals surface area contributed by atoms with Gasteiger partial charge < -0.3 is 10.1 Å². The lowest BCUT2D eigenvalue weighted by Gasteiger charge is -2.33. The standard InChI is InChI=1S/C14H19ClINO/c1-9(2)14-8-11(5-6-18-14)17-13-4-3-10(15)7-12(13)16/h3-4,7,9,11,14,17H,5-6,8H2,1-2H3. The smallest absolute Gasteiger partial charge is 0.0617 e. The summed E-state index contributed by atoms with van der Waals surface area (Å²) >= 11 is 8.29. The fraction of sp³-hybridized carbons (Fsp3) is 0.571. The van der Waals surface area contributed by atoms with Gasteiger partial charge in [0, 0.05) is 26.9 Å². The van der Waals surface area contributed by atoms with Crippen LogP contribution in [-0.4, -0.2) is 18.8 Å². The second kappa shape index (κ2) is 6.44. The highest BCUT2D eigenvalue weighted by Crippen LogP contribution is 2.27. The lowest BCUT2D eigenvalue weighted by atomic mass is 9.95. The molecule has 1 aromatic carbocycles. The first-order valence-electron chi connectivity index (χ1n) is 6.39. The molecule has 1 saturated heterocycles. The van der Waals surface area contributed by atoms with Crippen molar-refractivity contribution in [1.29, 1.82) is 0 Å². The molecule has 1 fully saturated rings. The van der Waals surface area contributed by atoms with E-state index in [2.05, 4.69) is 47.8 Å². The van der Waals surface area contributed by atoms with Gasteiger partial charge in [0.25, 0.3) is 0 Å². The van der Waals surface area contributed by atoms with Crippen LogP contribution in [0.15, 0.2) is 18.2 Å². The Kier molecular flexibility index (Phi) is 5.15. The molecule has 1 aliphatic rings. The van der Waals surface area contributed by atoms with E-state index in [-0.39, 0.29) is 0 Å². The number of anilines is 1. The van der Waals surface area contributed by atoms with Gasteiger partial charge in [0.1, 0.15) is 0 Å². The van der Waals surface area contributed by atoms with Gasteiger partial charge in [-0.2, -0.15) is 0 Å². The molecule has 0 spiro atoms. The maximum absolute atomic E-state index is 5.97. The maximum atomic E-state index is 5.97. The van der Waals surface area contributed by atoms with Crippen LogP contribution in [0.5, 0.6) is 0 Å². The van der Waals surface area contributed by atoms with Gasteiger partial charge in [-0.05, 0) is 59.5 Å². The van der Waals surface area contributed by atoms with Crippen molar-refractivity contribution >= 4 is 39.9 Å². The lowest BCUT2D eigenvalue weighted by molar-refractivity contribution is -0.0160. The molecular weight excluding hydrogens is 361 g/mol. The molecule has 0 bridgehead atoms. The third kappa shape index (κ3) is 3.75. The Morgan fingerprint density at radius 3 is 2.89 bits per heavy atom. The van der Waals surface area contributed by atoms with Crippen molar-refractivity contribution in [1.82, 2.24) is 0 Å². The number of ether oxygens (including phenoxy) is 1. The highest BCUT2D eigenvalue weighted by molar-refractivity contribution is 14.1. The van der Waals surface area contributed by atoms with E-state index >= 15 is 0 Å². The van der Waals surface area contributed by atoms with Crippen LogP contribution in [-0.2, 0) is 4.74 Å². The molecule has 2 rings (SSSR count). The van der Waals surface area contributed by atoms with E-state index in [0.717, 1.165) is 24.5 Å². The normalized spacial score (nSPS) is 24.3. The molecule has 100 valence electrons. The van der Waals surface area contributed by atoms with Gasteiger partial charge in [0.05, 0.1) is 6.10 Å². The summed E-state index contributed by atoms with van der Waals surface area (Å²) in [5.74, 6) is 0.582. The predicted molar refractivity (Wildman–Crippen MR) is 85.4 cm³/mol. The van der Waals surface area contributed by atoms with Crippen molar-refractivity contribution in [3.05, 3.63) is 26.8 Å². The van der Waals surface area contributed by atoms with E-state index < -0.39 is 0 Å².